The van der Waals surface area contributed by atoms with E-state index in [2.05, 4.69) is 5.10 Å². The first-order valence-corrected chi connectivity index (χ1v) is 3.85. The molecule has 1 rings (SSSR count). The van der Waals surface area contributed by atoms with Gasteiger partial charge in [0.1, 0.15) is 6.04 Å². The van der Waals surface area contributed by atoms with E-state index >= 15 is 0 Å². The minimum Gasteiger partial charge on any atom is -0.548 e. The zero-order valence-electron chi connectivity index (χ0n) is 7.63. The molecule has 1 heterocycles. The number of carbonyl (C=O) groups excluding carboxylic acids is 1. The molecule has 1 aromatic heterocycles. The lowest BCUT2D eigenvalue weighted by Crippen LogP contribution is -2.32. The number of hydrogen-bond donors (Lipinski definition) is 0. The van der Waals surface area contributed by atoms with Crippen molar-refractivity contribution in [2.75, 3.05) is 0 Å². The van der Waals surface area contributed by atoms with Crippen molar-refractivity contribution in [2.45, 2.75) is 19.9 Å². The average Bonchev–Trinajstić information content (AvgIpc) is 2.46. The molecular weight excluding hydrogens is 190 g/mol. The summed E-state index contributed by atoms with van der Waals surface area (Å²) in [4.78, 5) is 20.1. The molecule has 0 saturated heterocycles. The maximum atomic E-state index is 10.5. The van der Waals surface area contributed by atoms with Gasteiger partial charge in [-0.2, -0.15) is 4.68 Å². The van der Waals surface area contributed by atoms with Crippen molar-refractivity contribution in [3.05, 3.63) is 21.9 Å². The Balaban J connectivity index is 3.10. The molecule has 7 nitrogen and oxygen atoms in total. The highest BCUT2D eigenvalue weighted by atomic mass is 16.6. The largest absolute Gasteiger partial charge is 0.548 e. The van der Waals surface area contributed by atoms with Gasteiger partial charge in [0.15, 0.2) is 0 Å². The molecule has 0 aromatic carbocycles. The quantitative estimate of drug-likeness (QED) is 0.477. The average molecular weight is 198 g/mol. The maximum Gasteiger partial charge on any atom is 0.390 e. The van der Waals surface area contributed by atoms with E-state index < -0.39 is 16.9 Å². The number of aromatic nitrogens is 2. The number of nitrogens with zero attached hydrogens (tertiary/aromatic N) is 3. The number of carboxylic acid groups (broad SMARTS) is 1. The van der Waals surface area contributed by atoms with Crippen LogP contribution in [0.2, 0.25) is 0 Å². The molecule has 76 valence electrons. The van der Waals surface area contributed by atoms with Gasteiger partial charge in [-0.25, -0.2) is 0 Å². The Kier molecular flexibility index (Phi) is 2.50. The first-order valence-electron chi connectivity index (χ1n) is 3.85. The predicted molar refractivity (Wildman–Crippen MR) is 43.3 cm³/mol. The normalized spacial score (nSPS) is 12.4. The van der Waals surface area contributed by atoms with Gasteiger partial charge in [0, 0.05) is 0 Å². The van der Waals surface area contributed by atoms with Gasteiger partial charge in [-0.15, -0.1) is 0 Å². The predicted octanol–water partition coefficient (Wildman–Crippen LogP) is -0.589. The van der Waals surface area contributed by atoms with Gasteiger partial charge in [0.05, 0.1) is 22.8 Å². The van der Waals surface area contributed by atoms with Crippen LogP contribution in [-0.2, 0) is 4.79 Å². The standard InChI is InChI=1S/C7H9N3O4/c1-4-3-6(10(13)14)8-9(4)5(2)7(11)12/h3,5H,1-2H3,(H,11,12)/p-1/t5-/m0/s1. The zero-order valence-corrected chi connectivity index (χ0v) is 7.63. The molecule has 7 heteroatoms. The van der Waals surface area contributed by atoms with E-state index in [-0.39, 0.29) is 5.82 Å². The van der Waals surface area contributed by atoms with Crippen molar-refractivity contribution in [3.8, 4) is 0 Å². The minimum atomic E-state index is -1.33. The highest BCUT2D eigenvalue weighted by molar-refractivity contribution is 5.69. The molecule has 14 heavy (non-hydrogen) atoms. The Morgan fingerprint density at radius 3 is 2.64 bits per heavy atom. The van der Waals surface area contributed by atoms with E-state index in [0.717, 1.165) is 4.68 Å². The molecule has 0 aliphatic heterocycles. The zero-order chi connectivity index (χ0) is 10.9. The summed E-state index contributed by atoms with van der Waals surface area (Å²) in [5, 5.41) is 24.3. The fourth-order valence-electron chi connectivity index (χ4n) is 1.05. The fourth-order valence-corrected chi connectivity index (χ4v) is 1.05. The van der Waals surface area contributed by atoms with Crippen molar-refractivity contribution < 1.29 is 14.8 Å². The number of carbonyl (C=O) groups is 1. The van der Waals surface area contributed by atoms with E-state index in [9.17, 15) is 20.0 Å². The molecule has 0 N–H and O–H groups in total. The van der Waals surface area contributed by atoms with Crippen LogP contribution in [0.3, 0.4) is 0 Å². The van der Waals surface area contributed by atoms with Crippen LogP contribution < -0.4 is 5.11 Å². The molecule has 0 unspecified atom stereocenters. The van der Waals surface area contributed by atoms with E-state index in [4.69, 9.17) is 0 Å². The lowest BCUT2D eigenvalue weighted by atomic mass is 10.3. The molecule has 0 aliphatic carbocycles. The Hall–Kier alpha value is -1.92. The second-order valence-corrected chi connectivity index (χ2v) is 2.84. The van der Waals surface area contributed by atoms with Gasteiger partial charge >= 0.3 is 5.82 Å². The second kappa shape index (κ2) is 3.44. The molecule has 0 fully saturated rings. The summed E-state index contributed by atoms with van der Waals surface area (Å²) in [6.45, 7) is 2.89. The summed E-state index contributed by atoms with van der Waals surface area (Å²) in [6.07, 6.45) is 0. The van der Waals surface area contributed by atoms with Crippen LogP contribution in [0, 0.1) is 17.0 Å². The summed E-state index contributed by atoms with van der Waals surface area (Å²) >= 11 is 0. The molecule has 0 saturated carbocycles. The van der Waals surface area contributed by atoms with Crippen molar-refractivity contribution >= 4 is 11.8 Å². The number of aliphatic carboxylic acids is 1. The van der Waals surface area contributed by atoms with Gasteiger partial charge in [-0.1, -0.05) is 0 Å². The molecule has 0 amide bonds. The van der Waals surface area contributed by atoms with Crippen LogP contribution in [0.25, 0.3) is 0 Å². The summed E-state index contributed by atoms with van der Waals surface area (Å²) in [6, 6.07) is 0.197. The van der Waals surface area contributed by atoms with Crippen LogP contribution in [0.1, 0.15) is 18.7 Å². The van der Waals surface area contributed by atoms with Crippen molar-refractivity contribution in [3.63, 3.8) is 0 Å². The fraction of sp³-hybridized carbons (Fsp3) is 0.429. The molecule has 0 radical (unpaired) electrons. The topological polar surface area (TPSA) is 101 Å². The summed E-state index contributed by atoms with van der Waals surface area (Å²) in [5.74, 6) is -1.69. The first kappa shape index (κ1) is 10.2. The Bertz CT molecular complexity index is 384. The highest BCUT2D eigenvalue weighted by Crippen LogP contribution is 2.15. The van der Waals surface area contributed by atoms with Gasteiger partial charge < -0.3 is 20.0 Å². The van der Waals surface area contributed by atoms with Crippen molar-refractivity contribution in [2.24, 2.45) is 0 Å². The summed E-state index contributed by atoms with van der Waals surface area (Å²) < 4.78 is 1.05. The Morgan fingerprint density at radius 1 is 1.71 bits per heavy atom. The van der Waals surface area contributed by atoms with Crippen LogP contribution in [0.4, 0.5) is 5.82 Å². The van der Waals surface area contributed by atoms with E-state index in [1.54, 1.807) is 6.92 Å². The van der Waals surface area contributed by atoms with Gasteiger partial charge in [0.25, 0.3) is 0 Å². The van der Waals surface area contributed by atoms with Crippen molar-refractivity contribution in [1.29, 1.82) is 0 Å². The Morgan fingerprint density at radius 2 is 2.29 bits per heavy atom. The molecule has 1 atom stereocenters. The summed E-state index contributed by atoms with van der Waals surface area (Å²) in [7, 11) is 0. The highest BCUT2D eigenvalue weighted by Gasteiger charge is 2.19. The third-order valence-corrected chi connectivity index (χ3v) is 1.80. The van der Waals surface area contributed by atoms with Gasteiger partial charge in [0.2, 0.25) is 0 Å². The van der Waals surface area contributed by atoms with E-state index in [1.807, 2.05) is 0 Å². The third kappa shape index (κ3) is 1.70. The SMILES string of the molecule is Cc1cc([N+](=O)[O-])nn1[C@@H](C)C(=O)[O-]. The first-order chi connectivity index (χ1) is 6.43. The smallest absolute Gasteiger partial charge is 0.390 e. The molecular formula is C7H8N3O4-. The van der Waals surface area contributed by atoms with Crippen LogP contribution in [-0.4, -0.2) is 20.7 Å². The van der Waals surface area contributed by atoms with Gasteiger partial charge in [-0.3, -0.25) is 0 Å². The van der Waals surface area contributed by atoms with Crippen LogP contribution >= 0.6 is 0 Å². The number of nitro groups is 1. The lowest BCUT2D eigenvalue weighted by molar-refractivity contribution is -0.389. The molecule has 0 aliphatic rings. The number of hydrogen-bond acceptors (Lipinski definition) is 5. The minimum absolute atomic E-state index is 0.365. The maximum absolute atomic E-state index is 10.5. The van der Waals surface area contributed by atoms with Gasteiger partial charge in [-0.05, 0) is 18.8 Å². The Labute approximate surface area is 79.1 Å². The van der Waals surface area contributed by atoms with Crippen molar-refractivity contribution in [1.82, 2.24) is 9.78 Å². The summed E-state index contributed by atoms with van der Waals surface area (Å²) in [5.41, 5.74) is 0.411. The van der Waals surface area contributed by atoms with Crippen LogP contribution in [0.5, 0.6) is 0 Å². The number of rotatable bonds is 3. The lowest BCUT2D eigenvalue weighted by Gasteiger charge is -2.10. The third-order valence-electron chi connectivity index (χ3n) is 1.80. The molecule has 1 aromatic rings. The van der Waals surface area contributed by atoms with E-state index in [1.165, 1.54) is 13.0 Å². The van der Waals surface area contributed by atoms with Crippen LogP contribution in [0.15, 0.2) is 6.07 Å². The van der Waals surface area contributed by atoms with E-state index in [0.29, 0.717) is 5.69 Å². The second-order valence-electron chi connectivity index (χ2n) is 2.84. The molecule has 0 bridgehead atoms. The molecule has 0 spiro atoms. The number of carboxylic acids is 1. The monoisotopic (exact) mass is 198 g/mol. The number of aryl methyl sites for hydroxylation is 1.